The van der Waals surface area contributed by atoms with E-state index in [-0.39, 0.29) is 5.43 Å². The molecule has 0 fully saturated rings. The molecular formula is C21H16O4. The third kappa shape index (κ3) is 2.52. The van der Waals surface area contributed by atoms with Crippen molar-refractivity contribution in [1.29, 1.82) is 0 Å². The Morgan fingerprint density at radius 1 is 0.800 bits per heavy atom. The Balaban J connectivity index is 2.02. The minimum atomic E-state index is -0.0643. The summed E-state index contributed by atoms with van der Waals surface area (Å²) in [5.74, 6) is 1.31. The average Bonchev–Trinajstić information content (AvgIpc) is 2.68. The Labute approximate surface area is 144 Å². The highest BCUT2D eigenvalue weighted by Crippen LogP contribution is 2.33. The lowest BCUT2D eigenvalue weighted by Crippen LogP contribution is -2.03. The lowest BCUT2D eigenvalue weighted by molar-refractivity contribution is 0.411. The quantitative estimate of drug-likeness (QED) is 0.513. The summed E-state index contributed by atoms with van der Waals surface area (Å²) in [6, 6.07) is 18.6. The first kappa shape index (κ1) is 15.3. The van der Waals surface area contributed by atoms with E-state index in [1.165, 1.54) is 0 Å². The number of methoxy groups -OCH3 is 2. The molecule has 124 valence electrons. The van der Waals surface area contributed by atoms with Gasteiger partial charge in [-0.1, -0.05) is 24.3 Å². The van der Waals surface area contributed by atoms with Gasteiger partial charge in [-0.15, -0.1) is 0 Å². The molecule has 1 aromatic heterocycles. The molecular weight excluding hydrogens is 316 g/mol. The number of fused-ring (bicyclic) bond motifs is 2. The van der Waals surface area contributed by atoms with E-state index in [0.717, 1.165) is 16.9 Å². The average molecular weight is 332 g/mol. The van der Waals surface area contributed by atoms with Gasteiger partial charge in [0.15, 0.2) is 11.3 Å². The molecule has 3 aromatic carbocycles. The van der Waals surface area contributed by atoms with E-state index in [4.69, 9.17) is 13.9 Å². The number of rotatable bonds is 3. The highest BCUT2D eigenvalue weighted by molar-refractivity contribution is 5.95. The van der Waals surface area contributed by atoms with Crippen molar-refractivity contribution in [2.75, 3.05) is 14.2 Å². The molecule has 0 N–H and O–H groups in total. The molecule has 0 aliphatic heterocycles. The van der Waals surface area contributed by atoms with Gasteiger partial charge in [-0.2, -0.15) is 0 Å². The van der Waals surface area contributed by atoms with Crippen LogP contribution in [0.5, 0.6) is 11.5 Å². The van der Waals surface area contributed by atoms with Crippen molar-refractivity contribution in [2.24, 2.45) is 0 Å². The van der Waals surface area contributed by atoms with Crippen LogP contribution in [-0.2, 0) is 0 Å². The molecule has 0 radical (unpaired) electrons. The van der Waals surface area contributed by atoms with Gasteiger partial charge in [-0.3, -0.25) is 4.79 Å². The Hall–Kier alpha value is -3.27. The van der Waals surface area contributed by atoms with Crippen LogP contribution < -0.4 is 14.9 Å². The zero-order chi connectivity index (χ0) is 17.4. The van der Waals surface area contributed by atoms with Crippen molar-refractivity contribution in [1.82, 2.24) is 0 Å². The summed E-state index contributed by atoms with van der Waals surface area (Å²) in [4.78, 5) is 12.9. The predicted molar refractivity (Wildman–Crippen MR) is 98.5 cm³/mol. The molecule has 0 bridgehead atoms. The van der Waals surface area contributed by atoms with Crippen molar-refractivity contribution in [3.8, 4) is 22.6 Å². The molecule has 4 heteroatoms. The van der Waals surface area contributed by atoms with Gasteiger partial charge in [0.2, 0.25) is 5.43 Å². The zero-order valence-electron chi connectivity index (χ0n) is 13.9. The first-order valence-electron chi connectivity index (χ1n) is 7.89. The second-order valence-electron chi connectivity index (χ2n) is 5.71. The number of benzene rings is 3. The van der Waals surface area contributed by atoms with E-state index in [2.05, 4.69) is 0 Å². The van der Waals surface area contributed by atoms with Crippen LogP contribution in [0.25, 0.3) is 33.1 Å². The van der Waals surface area contributed by atoms with Gasteiger partial charge in [-0.05, 0) is 47.5 Å². The van der Waals surface area contributed by atoms with Crippen molar-refractivity contribution < 1.29 is 13.9 Å². The smallest absolute Gasteiger partial charge is 0.200 e. The van der Waals surface area contributed by atoms with Gasteiger partial charge in [0.05, 0.1) is 25.0 Å². The maximum absolute atomic E-state index is 12.9. The molecule has 0 amide bonds. The molecule has 0 atom stereocenters. The van der Waals surface area contributed by atoms with Crippen LogP contribution in [0.3, 0.4) is 0 Å². The summed E-state index contributed by atoms with van der Waals surface area (Å²) in [7, 11) is 3.20. The van der Waals surface area contributed by atoms with Gasteiger partial charge in [0.25, 0.3) is 0 Å². The van der Waals surface area contributed by atoms with Gasteiger partial charge < -0.3 is 13.9 Å². The fraction of sp³-hybridized carbons (Fsp3) is 0.0952. The molecule has 0 spiro atoms. The van der Waals surface area contributed by atoms with Gasteiger partial charge in [0.1, 0.15) is 11.3 Å². The molecule has 0 saturated heterocycles. The summed E-state index contributed by atoms with van der Waals surface area (Å²) in [6.07, 6.45) is 0. The normalized spacial score (nSPS) is 11.0. The first-order chi connectivity index (χ1) is 12.2. The van der Waals surface area contributed by atoms with Crippen LogP contribution in [0.4, 0.5) is 0 Å². The fourth-order valence-electron chi connectivity index (χ4n) is 2.98. The van der Waals surface area contributed by atoms with Crippen LogP contribution in [0.2, 0.25) is 0 Å². The zero-order valence-corrected chi connectivity index (χ0v) is 13.9. The summed E-state index contributed by atoms with van der Waals surface area (Å²) in [5.41, 5.74) is 2.80. The van der Waals surface area contributed by atoms with Crippen molar-refractivity contribution in [2.45, 2.75) is 0 Å². The molecule has 0 aliphatic rings. The van der Waals surface area contributed by atoms with Crippen LogP contribution >= 0.6 is 0 Å². The van der Waals surface area contributed by atoms with Gasteiger partial charge in [0, 0.05) is 0 Å². The minimum absolute atomic E-state index is 0.0643. The third-order valence-corrected chi connectivity index (χ3v) is 4.29. The number of hydrogen-bond donors (Lipinski definition) is 0. The Kier molecular flexibility index (Phi) is 3.65. The first-order valence-corrected chi connectivity index (χ1v) is 7.89. The predicted octanol–water partition coefficient (Wildman–Crippen LogP) is 4.63. The summed E-state index contributed by atoms with van der Waals surface area (Å²) in [5, 5.41) is 1.06. The van der Waals surface area contributed by atoms with Gasteiger partial charge >= 0.3 is 0 Å². The van der Waals surface area contributed by atoms with Crippen LogP contribution in [0.1, 0.15) is 0 Å². The maximum atomic E-state index is 12.9. The second-order valence-corrected chi connectivity index (χ2v) is 5.71. The van der Waals surface area contributed by atoms with Crippen LogP contribution in [-0.4, -0.2) is 14.2 Å². The standard InChI is InChI=1S/C21H16O4/c1-23-15-9-7-13(8-10-15)14-11-17-20(22)16-5-3-4-6-18(16)25-21(17)19(12-14)24-2/h3-12H,1-2H3. The number of ether oxygens (including phenoxy) is 2. The SMILES string of the molecule is COc1ccc(-c2cc(OC)c3oc4ccccc4c(=O)c3c2)cc1. The number of hydrogen-bond acceptors (Lipinski definition) is 4. The molecule has 4 aromatic rings. The molecule has 0 unspecified atom stereocenters. The highest BCUT2D eigenvalue weighted by Gasteiger charge is 2.14. The fourth-order valence-corrected chi connectivity index (χ4v) is 2.98. The van der Waals surface area contributed by atoms with Gasteiger partial charge in [-0.25, -0.2) is 0 Å². The molecule has 25 heavy (non-hydrogen) atoms. The Morgan fingerprint density at radius 2 is 1.56 bits per heavy atom. The second kappa shape index (κ2) is 5.98. The molecule has 0 aliphatic carbocycles. The van der Waals surface area contributed by atoms with E-state index in [1.54, 1.807) is 26.4 Å². The highest BCUT2D eigenvalue weighted by atomic mass is 16.5. The lowest BCUT2D eigenvalue weighted by Gasteiger charge is -2.10. The number of para-hydroxylation sites is 1. The van der Waals surface area contributed by atoms with Crippen molar-refractivity contribution >= 4 is 21.9 Å². The topological polar surface area (TPSA) is 48.7 Å². The minimum Gasteiger partial charge on any atom is -0.497 e. The van der Waals surface area contributed by atoms with Crippen molar-refractivity contribution in [3.63, 3.8) is 0 Å². The van der Waals surface area contributed by atoms with E-state index < -0.39 is 0 Å². The monoisotopic (exact) mass is 332 g/mol. The molecule has 4 rings (SSSR count). The summed E-state index contributed by atoms with van der Waals surface area (Å²) >= 11 is 0. The Bertz CT molecular complexity index is 1120. The van der Waals surface area contributed by atoms with Crippen LogP contribution in [0.15, 0.2) is 69.9 Å². The van der Waals surface area contributed by atoms with Crippen molar-refractivity contribution in [3.05, 3.63) is 70.9 Å². The maximum Gasteiger partial charge on any atom is 0.200 e. The van der Waals surface area contributed by atoms with E-state index in [0.29, 0.717) is 27.7 Å². The molecule has 4 nitrogen and oxygen atoms in total. The van der Waals surface area contributed by atoms with E-state index >= 15 is 0 Å². The lowest BCUT2D eigenvalue weighted by atomic mass is 10.0. The van der Waals surface area contributed by atoms with E-state index in [9.17, 15) is 4.79 Å². The van der Waals surface area contributed by atoms with E-state index in [1.807, 2.05) is 48.5 Å². The van der Waals surface area contributed by atoms with Crippen LogP contribution in [0, 0.1) is 0 Å². The molecule has 1 heterocycles. The Morgan fingerprint density at radius 3 is 2.28 bits per heavy atom. The molecule has 0 saturated carbocycles. The summed E-state index contributed by atoms with van der Waals surface area (Å²) < 4.78 is 16.6. The summed E-state index contributed by atoms with van der Waals surface area (Å²) in [6.45, 7) is 0. The largest absolute Gasteiger partial charge is 0.497 e. The third-order valence-electron chi connectivity index (χ3n) is 4.29.